The molecular formula is C19H29N3O2. The predicted octanol–water partition coefficient (Wildman–Crippen LogP) is 1.49. The Balaban J connectivity index is 1.58. The normalized spacial score (nSPS) is 27.1. The van der Waals surface area contributed by atoms with Crippen molar-refractivity contribution >= 4 is 5.91 Å². The minimum Gasteiger partial charge on any atom is -0.392 e. The second-order valence-electron chi connectivity index (χ2n) is 7.33. The van der Waals surface area contributed by atoms with Gasteiger partial charge in [-0.3, -0.25) is 4.79 Å². The lowest BCUT2D eigenvalue weighted by Gasteiger charge is -2.34. The van der Waals surface area contributed by atoms with Crippen molar-refractivity contribution in [2.45, 2.75) is 62.8 Å². The summed E-state index contributed by atoms with van der Waals surface area (Å²) in [4.78, 5) is 12.3. The van der Waals surface area contributed by atoms with Crippen LogP contribution in [0.2, 0.25) is 0 Å². The van der Waals surface area contributed by atoms with E-state index in [-0.39, 0.29) is 23.5 Å². The molecule has 1 aromatic rings. The third-order valence-electron chi connectivity index (χ3n) is 5.41. The molecule has 1 aromatic carbocycles. The van der Waals surface area contributed by atoms with Crippen LogP contribution in [0.25, 0.3) is 0 Å². The highest BCUT2D eigenvalue weighted by molar-refractivity contribution is 5.82. The standard InChI is InChI=1S/C19H29N3O2/c1-14(15-7-3-2-4-8-15)22-19(9-5-6-10-19)13-21-18(24)17-11-16(23)12-20-17/h2-4,7-8,14,16-17,20,22-23H,5-6,9-13H2,1H3,(H,21,24). The van der Waals surface area contributed by atoms with Gasteiger partial charge in [-0.1, -0.05) is 43.2 Å². The van der Waals surface area contributed by atoms with Crippen LogP contribution in [0.3, 0.4) is 0 Å². The Morgan fingerprint density at radius 2 is 2.04 bits per heavy atom. The fourth-order valence-corrected chi connectivity index (χ4v) is 4.00. The SMILES string of the molecule is CC(NC1(CNC(=O)C2CC(O)CN2)CCCC1)c1ccccc1. The second-order valence-corrected chi connectivity index (χ2v) is 7.33. The third-order valence-corrected chi connectivity index (χ3v) is 5.41. The van der Waals surface area contributed by atoms with Crippen LogP contribution >= 0.6 is 0 Å². The molecule has 0 aromatic heterocycles. The lowest BCUT2D eigenvalue weighted by molar-refractivity contribution is -0.123. The van der Waals surface area contributed by atoms with E-state index in [0.717, 1.165) is 12.8 Å². The molecule has 0 bridgehead atoms. The highest BCUT2D eigenvalue weighted by atomic mass is 16.3. The molecule has 3 atom stereocenters. The van der Waals surface area contributed by atoms with Crippen molar-refractivity contribution in [1.29, 1.82) is 0 Å². The van der Waals surface area contributed by atoms with Crippen LogP contribution in [0.15, 0.2) is 30.3 Å². The van der Waals surface area contributed by atoms with Crippen LogP contribution in [0.4, 0.5) is 0 Å². The molecule has 1 heterocycles. The van der Waals surface area contributed by atoms with E-state index in [4.69, 9.17) is 0 Å². The largest absolute Gasteiger partial charge is 0.392 e. The Hall–Kier alpha value is -1.43. The van der Waals surface area contributed by atoms with E-state index in [9.17, 15) is 9.90 Å². The summed E-state index contributed by atoms with van der Waals surface area (Å²) in [5, 5.41) is 19.5. The number of benzene rings is 1. The summed E-state index contributed by atoms with van der Waals surface area (Å²) in [6.45, 7) is 3.34. The summed E-state index contributed by atoms with van der Waals surface area (Å²) < 4.78 is 0. The molecule has 0 spiro atoms. The first-order valence-electron chi connectivity index (χ1n) is 9.10. The number of hydrogen-bond donors (Lipinski definition) is 4. The van der Waals surface area contributed by atoms with E-state index in [1.807, 2.05) is 6.07 Å². The Labute approximate surface area is 144 Å². The van der Waals surface area contributed by atoms with Gasteiger partial charge in [-0.2, -0.15) is 0 Å². The van der Waals surface area contributed by atoms with E-state index < -0.39 is 6.10 Å². The summed E-state index contributed by atoms with van der Waals surface area (Å²) in [5.74, 6) is 0.00647. The minimum atomic E-state index is -0.405. The van der Waals surface area contributed by atoms with Gasteiger partial charge >= 0.3 is 0 Å². The Kier molecular flexibility index (Phi) is 5.54. The number of amides is 1. The van der Waals surface area contributed by atoms with Gasteiger partial charge in [0.25, 0.3) is 0 Å². The van der Waals surface area contributed by atoms with E-state index in [0.29, 0.717) is 19.5 Å². The van der Waals surface area contributed by atoms with Crippen LogP contribution in [0.1, 0.15) is 50.6 Å². The van der Waals surface area contributed by atoms with Gasteiger partial charge in [0.15, 0.2) is 0 Å². The number of rotatable bonds is 6. The zero-order chi connectivity index (χ0) is 17.0. The maximum atomic E-state index is 12.3. The zero-order valence-electron chi connectivity index (χ0n) is 14.4. The maximum absolute atomic E-state index is 12.3. The van der Waals surface area contributed by atoms with Crippen molar-refractivity contribution in [3.8, 4) is 0 Å². The smallest absolute Gasteiger partial charge is 0.237 e. The Bertz CT molecular complexity index is 543. The van der Waals surface area contributed by atoms with Crippen LogP contribution in [-0.4, -0.2) is 41.8 Å². The van der Waals surface area contributed by atoms with Crippen molar-refractivity contribution in [3.63, 3.8) is 0 Å². The fraction of sp³-hybridized carbons (Fsp3) is 0.632. The summed E-state index contributed by atoms with van der Waals surface area (Å²) in [5.41, 5.74) is 1.25. The average molecular weight is 331 g/mol. The van der Waals surface area contributed by atoms with E-state index in [2.05, 4.69) is 47.1 Å². The van der Waals surface area contributed by atoms with Crippen LogP contribution in [-0.2, 0) is 4.79 Å². The van der Waals surface area contributed by atoms with Crippen molar-refractivity contribution in [2.75, 3.05) is 13.1 Å². The van der Waals surface area contributed by atoms with Crippen LogP contribution in [0.5, 0.6) is 0 Å². The van der Waals surface area contributed by atoms with Crippen molar-refractivity contribution in [3.05, 3.63) is 35.9 Å². The molecule has 3 rings (SSSR count). The first kappa shape index (κ1) is 17.4. The topological polar surface area (TPSA) is 73.4 Å². The molecular weight excluding hydrogens is 302 g/mol. The van der Waals surface area contributed by atoms with Gasteiger partial charge < -0.3 is 21.1 Å². The van der Waals surface area contributed by atoms with Crippen LogP contribution in [0, 0.1) is 0 Å². The molecule has 1 saturated heterocycles. The minimum absolute atomic E-state index is 0.00647. The van der Waals surface area contributed by atoms with Gasteiger partial charge in [0.1, 0.15) is 0 Å². The van der Waals surface area contributed by atoms with E-state index in [1.54, 1.807) is 0 Å². The van der Waals surface area contributed by atoms with Crippen molar-refractivity contribution in [1.82, 2.24) is 16.0 Å². The van der Waals surface area contributed by atoms with E-state index >= 15 is 0 Å². The fourth-order valence-electron chi connectivity index (χ4n) is 4.00. The summed E-state index contributed by atoms with van der Waals surface area (Å²) in [6, 6.07) is 10.4. The molecule has 2 aliphatic rings. The molecule has 1 amide bonds. The maximum Gasteiger partial charge on any atom is 0.237 e. The number of aliphatic hydroxyl groups excluding tert-OH is 1. The molecule has 3 unspecified atom stereocenters. The van der Waals surface area contributed by atoms with Crippen molar-refractivity contribution in [2.24, 2.45) is 0 Å². The van der Waals surface area contributed by atoms with E-state index in [1.165, 1.54) is 18.4 Å². The third kappa shape index (κ3) is 4.15. The van der Waals surface area contributed by atoms with Crippen molar-refractivity contribution < 1.29 is 9.90 Å². The number of aliphatic hydroxyl groups is 1. The molecule has 0 radical (unpaired) electrons. The number of carbonyl (C=O) groups excluding carboxylic acids is 1. The predicted molar refractivity (Wildman–Crippen MR) is 94.6 cm³/mol. The molecule has 1 aliphatic carbocycles. The quantitative estimate of drug-likeness (QED) is 0.637. The van der Waals surface area contributed by atoms with Gasteiger partial charge in [0, 0.05) is 24.7 Å². The molecule has 1 saturated carbocycles. The lowest BCUT2D eigenvalue weighted by atomic mass is 9.94. The van der Waals surface area contributed by atoms with Gasteiger partial charge in [0.2, 0.25) is 5.91 Å². The average Bonchev–Trinajstić information content (AvgIpc) is 3.23. The molecule has 5 heteroatoms. The number of hydrogen-bond acceptors (Lipinski definition) is 4. The number of nitrogens with one attached hydrogen (secondary N) is 3. The molecule has 1 aliphatic heterocycles. The highest BCUT2D eigenvalue weighted by Gasteiger charge is 2.36. The van der Waals surface area contributed by atoms with Gasteiger partial charge in [-0.15, -0.1) is 0 Å². The summed E-state index contributed by atoms with van der Waals surface area (Å²) >= 11 is 0. The van der Waals surface area contributed by atoms with Crippen LogP contribution < -0.4 is 16.0 Å². The lowest BCUT2D eigenvalue weighted by Crippen LogP contribution is -2.54. The first-order valence-corrected chi connectivity index (χ1v) is 9.10. The first-order chi connectivity index (χ1) is 11.6. The zero-order valence-corrected chi connectivity index (χ0v) is 14.4. The molecule has 4 N–H and O–H groups in total. The summed E-state index contributed by atoms with van der Waals surface area (Å²) in [6.07, 6.45) is 4.68. The van der Waals surface area contributed by atoms with Gasteiger partial charge in [-0.05, 0) is 31.7 Å². The highest BCUT2D eigenvalue weighted by Crippen LogP contribution is 2.32. The monoisotopic (exact) mass is 331 g/mol. The molecule has 5 nitrogen and oxygen atoms in total. The van der Waals surface area contributed by atoms with Gasteiger partial charge in [0.05, 0.1) is 12.1 Å². The number of β-amino-alcohol motifs (C(OH)–C–C–N with tert-alkyl or cyclic N) is 1. The summed E-state index contributed by atoms with van der Waals surface area (Å²) in [7, 11) is 0. The second kappa shape index (κ2) is 7.64. The van der Waals surface area contributed by atoms with Gasteiger partial charge in [-0.25, -0.2) is 0 Å². The molecule has 24 heavy (non-hydrogen) atoms. The number of carbonyl (C=O) groups is 1. The Morgan fingerprint density at radius 3 is 2.67 bits per heavy atom. The molecule has 2 fully saturated rings. The molecule has 132 valence electrons. The Morgan fingerprint density at radius 1 is 1.33 bits per heavy atom.